The lowest BCUT2D eigenvalue weighted by atomic mass is 10.0. The van der Waals surface area contributed by atoms with E-state index in [1.807, 2.05) is 19.1 Å². The maximum atomic E-state index is 12.4. The van der Waals surface area contributed by atoms with E-state index in [4.69, 9.17) is 9.47 Å². The lowest BCUT2D eigenvalue weighted by molar-refractivity contribution is -0.157. The predicted octanol–water partition coefficient (Wildman–Crippen LogP) is 5.02. The van der Waals surface area contributed by atoms with Gasteiger partial charge in [-0.25, -0.2) is 13.2 Å². The average molecular weight is 469 g/mol. The van der Waals surface area contributed by atoms with Gasteiger partial charge in [0.05, 0.1) is 10.6 Å². The van der Waals surface area contributed by atoms with Crippen LogP contribution in [-0.4, -0.2) is 32.3 Å². The van der Waals surface area contributed by atoms with Crippen LogP contribution in [0.15, 0.2) is 51.8 Å². The molecule has 2 aromatic carbocycles. The van der Waals surface area contributed by atoms with E-state index >= 15 is 0 Å². The number of rotatable bonds is 7. The zero-order valence-corrected chi connectivity index (χ0v) is 18.9. The van der Waals surface area contributed by atoms with Gasteiger partial charge >= 0.3 is 5.97 Å². The lowest BCUT2D eigenvalue weighted by Gasteiger charge is -2.20. The summed E-state index contributed by atoms with van der Waals surface area (Å²) in [5.41, 5.74) is 0.787. The molecule has 5 nitrogen and oxygen atoms in total. The molecule has 0 unspecified atom stereocenters. The summed E-state index contributed by atoms with van der Waals surface area (Å²) in [5, 5.41) is 0. The van der Waals surface area contributed by atoms with Gasteiger partial charge in [0, 0.05) is 10.0 Å². The van der Waals surface area contributed by atoms with Gasteiger partial charge in [-0.15, -0.1) is 0 Å². The van der Waals surface area contributed by atoms with Crippen molar-refractivity contribution in [3.8, 4) is 16.9 Å². The van der Waals surface area contributed by atoms with E-state index in [2.05, 4.69) is 15.9 Å². The summed E-state index contributed by atoms with van der Waals surface area (Å²) in [6, 6.07) is 12.1. The Morgan fingerprint density at radius 3 is 2.46 bits per heavy atom. The highest BCUT2D eigenvalue weighted by atomic mass is 79.9. The van der Waals surface area contributed by atoms with E-state index in [0.717, 1.165) is 4.47 Å². The first-order valence-electron chi connectivity index (χ1n) is 8.99. The van der Waals surface area contributed by atoms with Crippen LogP contribution in [0, 0.1) is 0 Å². The summed E-state index contributed by atoms with van der Waals surface area (Å²) in [6.45, 7) is 6.96. The topological polar surface area (TPSA) is 69.7 Å². The smallest absolute Gasteiger partial charge is 0.344 e. The Balaban J connectivity index is 2.34. The molecule has 0 spiro atoms. The average Bonchev–Trinajstić information content (AvgIpc) is 2.59. The molecule has 0 bridgehead atoms. The van der Waals surface area contributed by atoms with Crippen LogP contribution < -0.4 is 4.74 Å². The first-order valence-corrected chi connectivity index (χ1v) is 11.4. The second-order valence-corrected chi connectivity index (χ2v) is 10.4. The normalized spacial score (nSPS) is 11.9. The SMILES string of the molecule is CCCS(=O)(=O)c1cccc(-c2cc(Br)ccc2OCC(=O)OC(C)(C)C)c1. The third-order valence-corrected chi connectivity index (χ3v) is 6.10. The standard InChI is InChI=1S/C21H25BrO5S/c1-5-11-28(24,25)17-8-6-7-15(12-17)18-13-16(22)9-10-19(18)26-14-20(23)27-21(2,3)4/h6-10,12-13H,5,11,14H2,1-4H3. The largest absolute Gasteiger partial charge is 0.481 e. The minimum absolute atomic E-state index is 0.0942. The molecule has 0 saturated carbocycles. The Morgan fingerprint density at radius 1 is 1.11 bits per heavy atom. The molecule has 152 valence electrons. The summed E-state index contributed by atoms with van der Waals surface area (Å²) in [6.07, 6.45) is 0.549. The van der Waals surface area contributed by atoms with Crippen molar-refractivity contribution in [2.45, 2.75) is 44.6 Å². The van der Waals surface area contributed by atoms with Crippen molar-refractivity contribution >= 4 is 31.7 Å². The summed E-state index contributed by atoms with van der Waals surface area (Å²) >= 11 is 3.43. The van der Waals surface area contributed by atoms with Crippen molar-refractivity contribution in [2.75, 3.05) is 12.4 Å². The first-order chi connectivity index (χ1) is 13.0. The van der Waals surface area contributed by atoms with E-state index in [-0.39, 0.29) is 17.3 Å². The highest BCUT2D eigenvalue weighted by molar-refractivity contribution is 9.10. The van der Waals surface area contributed by atoms with Crippen LogP contribution in [-0.2, 0) is 19.4 Å². The molecule has 0 heterocycles. The van der Waals surface area contributed by atoms with Crippen molar-refractivity contribution in [3.05, 3.63) is 46.9 Å². The molecular formula is C21H25BrO5S. The van der Waals surface area contributed by atoms with Crippen molar-refractivity contribution in [2.24, 2.45) is 0 Å². The van der Waals surface area contributed by atoms with Gasteiger partial charge in [-0.3, -0.25) is 0 Å². The zero-order valence-electron chi connectivity index (χ0n) is 16.5. The Bertz CT molecular complexity index is 946. The summed E-state index contributed by atoms with van der Waals surface area (Å²) < 4.78 is 36.6. The maximum absolute atomic E-state index is 12.4. The Kier molecular flexibility index (Phi) is 7.28. The van der Waals surface area contributed by atoms with Crippen molar-refractivity contribution in [1.82, 2.24) is 0 Å². The van der Waals surface area contributed by atoms with Crippen LogP contribution in [0.5, 0.6) is 5.75 Å². The van der Waals surface area contributed by atoms with Crippen molar-refractivity contribution < 1.29 is 22.7 Å². The number of carbonyl (C=O) groups excluding carboxylic acids is 1. The van der Waals surface area contributed by atoms with Gasteiger partial charge in [0.2, 0.25) is 0 Å². The molecule has 0 amide bonds. The number of sulfone groups is 1. The third kappa shape index (κ3) is 6.34. The van der Waals surface area contributed by atoms with Gasteiger partial charge in [0.25, 0.3) is 0 Å². The second-order valence-electron chi connectivity index (χ2n) is 7.36. The molecular weight excluding hydrogens is 444 g/mol. The molecule has 0 aromatic heterocycles. The lowest BCUT2D eigenvalue weighted by Crippen LogP contribution is -2.27. The highest BCUT2D eigenvalue weighted by Gasteiger charge is 2.18. The van der Waals surface area contributed by atoms with Crippen LogP contribution in [0.4, 0.5) is 0 Å². The van der Waals surface area contributed by atoms with Gasteiger partial charge in [-0.2, -0.15) is 0 Å². The number of hydrogen-bond acceptors (Lipinski definition) is 5. The minimum atomic E-state index is -3.34. The van der Waals surface area contributed by atoms with E-state index in [1.165, 1.54) is 0 Å². The van der Waals surface area contributed by atoms with Gasteiger partial charge < -0.3 is 9.47 Å². The molecule has 0 radical (unpaired) electrons. The van der Waals surface area contributed by atoms with E-state index in [9.17, 15) is 13.2 Å². The minimum Gasteiger partial charge on any atom is -0.481 e. The van der Waals surface area contributed by atoms with Crippen LogP contribution in [0.25, 0.3) is 11.1 Å². The fraction of sp³-hybridized carbons (Fsp3) is 0.381. The molecule has 0 aliphatic rings. The fourth-order valence-corrected chi connectivity index (χ4v) is 4.33. The molecule has 0 aliphatic heterocycles. The number of benzene rings is 2. The van der Waals surface area contributed by atoms with Gasteiger partial charge in [-0.1, -0.05) is 35.0 Å². The first kappa shape index (κ1) is 22.4. The summed E-state index contributed by atoms with van der Waals surface area (Å²) in [4.78, 5) is 12.2. The van der Waals surface area contributed by atoms with Crippen LogP contribution in [0.1, 0.15) is 34.1 Å². The van der Waals surface area contributed by atoms with Gasteiger partial charge in [0.1, 0.15) is 11.4 Å². The fourth-order valence-electron chi connectivity index (χ4n) is 2.60. The quantitative estimate of drug-likeness (QED) is 0.533. The molecule has 2 rings (SSSR count). The number of carbonyl (C=O) groups is 1. The van der Waals surface area contributed by atoms with Crippen molar-refractivity contribution in [3.63, 3.8) is 0 Å². The number of esters is 1. The third-order valence-electron chi connectivity index (χ3n) is 3.68. The molecule has 7 heteroatoms. The summed E-state index contributed by atoms with van der Waals surface area (Å²) in [7, 11) is -3.34. The molecule has 0 fully saturated rings. The number of halogens is 1. The van der Waals surface area contributed by atoms with E-state index in [1.54, 1.807) is 51.1 Å². The summed E-state index contributed by atoms with van der Waals surface area (Å²) in [5.74, 6) is 0.0939. The Hall–Kier alpha value is -1.86. The van der Waals surface area contributed by atoms with Gasteiger partial charge in [-0.05, 0) is 63.1 Å². The number of ether oxygens (including phenoxy) is 2. The Labute approximate surface area is 175 Å². The van der Waals surface area contributed by atoms with E-state index < -0.39 is 21.4 Å². The monoisotopic (exact) mass is 468 g/mol. The zero-order chi connectivity index (χ0) is 20.9. The second kappa shape index (κ2) is 9.09. The van der Waals surface area contributed by atoms with Gasteiger partial charge in [0.15, 0.2) is 16.4 Å². The van der Waals surface area contributed by atoms with Crippen LogP contribution in [0.3, 0.4) is 0 Å². The van der Waals surface area contributed by atoms with Crippen LogP contribution >= 0.6 is 15.9 Å². The molecule has 0 N–H and O–H groups in total. The van der Waals surface area contributed by atoms with Crippen molar-refractivity contribution in [1.29, 1.82) is 0 Å². The maximum Gasteiger partial charge on any atom is 0.344 e. The number of hydrogen-bond donors (Lipinski definition) is 0. The predicted molar refractivity (Wildman–Crippen MR) is 113 cm³/mol. The molecule has 0 atom stereocenters. The molecule has 0 saturated heterocycles. The molecule has 28 heavy (non-hydrogen) atoms. The Morgan fingerprint density at radius 2 is 1.82 bits per heavy atom. The highest BCUT2D eigenvalue weighted by Crippen LogP contribution is 2.34. The molecule has 2 aromatic rings. The van der Waals surface area contributed by atoms with E-state index in [0.29, 0.717) is 23.3 Å². The van der Waals surface area contributed by atoms with Crippen LogP contribution in [0.2, 0.25) is 0 Å². The molecule has 0 aliphatic carbocycles.